The lowest BCUT2D eigenvalue weighted by molar-refractivity contribution is -0.114. The van der Waals surface area contributed by atoms with Crippen molar-refractivity contribution in [1.29, 1.82) is 0 Å². The SMILES string of the molecule is CC(=O)Nc1ccc(SCC[S@](=O)c2cc(Cl)ccc2Cl)cc1. The fraction of sp³-hybridized carbons (Fsp3) is 0.188. The molecule has 0 heterocycles. The van der Waals surface area contributed by atoms with Crippen LogP contribution in [-0.4, -0.2) is 21.6 Å². The van der Waals surface area contributed by atoms with Crippen molar-refractivity contribution in [2.75, 3.05) is 16.8 Å². The van der Waals surface area contributed by atoms with Crippen LogP contribution in [0.5, 0.6) is 0 Å². The number of benzene rings is 2. The minimum Gasteiger partial charge on any atom is -0.326 e. The van der Waals surface area contributed by atoms with Gasteiger partial charge in [0.2, 0.25) is 5.91 Å². The van der Waals surface area contributed by atoms with Crippen molar-refractivity contribution >= 4 is 57.4 Å². The number of nitrogens with one attached hydrogen (secondary N) is 1. The summed E-state index contributed by atoms with van der Waals surface area (Å²) in [5.74, 6) is 1.08. The van der Waals surface area contributed by atoms with Gasteiger partial charge in [-0.15, -0.1) is 11.8 Å². The molecule has 1 amide bonds. The molecule has 0 aromatic heterocycles. The van der Waals surface area contributed by atoms with Gasteiger partial charge >= 0.3 is 0 Å². The molecule has 0 bridgehead atoms. The van der Waals surface area contributed by atoms with E-state index in [2.05, 4.69) is 5.32 Å². The van der Waals surface area contributed by atoms with Crippen LogP contribution < -0.4 is 5.32 Å². The molecule has 3 nitrogen and oxygen atoms in total. The predicted octanol–water partition coefficient (Wildman–Crippen LogP) is 4.85. The summed E-state index contributed by atoms with van der Waals surface area (Å²) in [5.41, 5.74) is 0.760. The molecule has 0 spiro atoms. The Morgan fingerprint density at radius 1 is 1.17 bits per heavy atom. The third-order valence-corrected chi connectivity index (χ3v) is 6.20. The lowest BCUT2D eigenvalue weighted by Gasteiger charge is -2.06. The second kappa shape index (κ2) is 8.73. The van der Waals surface area contributed by atoms with Crippen molar-refractivity contribution in [3.8, 4) is 0 Å². The topological polar surface area (TPSA) is 46.2 Å². The Kier molecular flexibility index (Phi) is 6.96. The third kappa shape index (κ3) is 5.84. The molecule has 0 radical (unpaired) electrons. The fourth-order valence-corrected chi connectivity index (χ4v) is 4.71. The van der Waals surface area contributed by atoms with Crippen molar-refractivity contribution in [1.82, 2.24) is 0 Å². The Morgan fingerprint density at radius 3 is 2.52 bits per heavy atom. The number of carbonyl (C=O) groups is 1. The smallest absolute Gasteiger partial charge is 0.221 e. The molecule has 2 rings (SSSR count). The average Bonchev–Trinajstić information content (AvgIpc) is 2.51. The molecule has 1 N–H and O–H groups in total. The van der Waals surface area contributed by atoms with Crippen LogP contribution in [0.2, 0.25) is 10.0 Å². The highest BCUT2D eigenvalue weighted by Gasteiger charge is 2.09. The monoisotopic (exact) mass is 387 g/mol. The molecule has 0 aliphatic rings. The normalized spacial score (nSPS) is 12.0. The number of hydrogen-bond donors (Lipinski definition) is 1. The van der Waals surface area contributed by atoms with E-state index in [9.17, 15) is 9.00 Å². The van der Waals surface area contributed by atoms with Gasteiger partial charge in [-0.25, -0.2) is 0 Å². The molecule has 23 heavy (non-hydrogen) atoms. The van der Waals surface area contributed by atoms with Crippen LogP contribution >= 0.6 is 35.0 Å². The van der Waals surface area contributed by atoms with Crippen molar-refractivity contribution in [3.05, 3.63) is 52.5 Å². The molecule has 7 heteroatoms. The second-order valence-electron chi connectivity index (χ2n) is 4.68. The van der Waals surface area contributed by atoms with Crippen LogP contribution in [0, 0.1) is 0 Å². The number of thioether (sulfide) groups is 1. The highest BCUT2D eigenvalue weighted by atomic mass is 35.5. The largest absolute Gasteiger partial charge is 0.326 e. The molecule has 2 aromatic carbocycles. The molecule has 1 atom stereocenters. The van der Waals surface area contributed by atoms with E-state index in [1.807, 2.05) is 24.3 Å². The summed E-state index contributed by atoms with van der Waals surface area (Å²) in [6.07, 6.45) is 0. The Labute approximate surface area is 152 Å². The molecule has 0 aliphatic carbocycles. The van der Waals surface area contributed by atoms with Crippen LogP contribution in [-0.2, 0) is 15.6 Å². The molecule has 0 aliphatic heterocycles. The maximum atomic E-state index is 12.3. The van der Waals surface area contributed by atoms with E-state index in [-0.39, 0.29) is 5.91 Å². The molecule has 0 unspecified atom stereocenters. The zero-order valence-corrected chi connectivity index (χ0v) is 15.5. The van der Waals surface area contributed by atoms with Gasteiger partial charge in [0.05, 0.1) is 20.7 Å². The summed E-state index contributed by atoms with van der Waals surface area (Å²) in [4.78, 5) is 12.6. The summed E-state index contributed by atoms with van der Waals surface area (Å²) in [5, 5.41) is 3.71. The van der Waals surface area contributed by atoms with Gasteiger partial charge in [-0.3, -0.25) is 9.00 Å². The first-order chi connectivity index (χ1) is 11.0. The number of amides is 1. The first-order valence-electron chi connectivity index (χ1n) is 6.79. The second-order valence-corrected chi connectivity index (χ2v) is 8.23. The minimum absolute atomic E-state index is 0.0980. The van der Waals surface area contributed by atoms with Crippen molar-refractivity contribution in [2.24, 2.45) is 0 Å². The van der Waals surface area contributed by atoms with Gasteiger partial charge in [-0.2, -0.15) is 0 Å². The van der Waals surface area contributed by atoms with E-state index in [0.717, 1.165) is 10.6 Å². The van der Waals surface area contributed by atoms with Gasteiger partial charge in [-0.05, 0) is 42.5 Å². The van der Waals surface area contributed by atoms with Gasteiger partial charge < -0.3 is 5.32 Å². The first kappa shape index (κ1) is 18.3. The van der Waals surface area contributed by atoms with Gasteiger partial charge in [0, 0.05) is 34.0 Å². The van der Waals surface area contributed by atoms with Gasteiger partial charge in [0.15, 0.2) is 0 Å². The summed E-state index contributed by atoms with van der Waals surface area (Å²) < 4.78 is 12.3. The maximum Gasteiger partial charge on any atom is 0.221 e. The quantitative estimate of drug-likeness (QED) is 0.720. The summed E-state index contributed by atoms with van der Waals surface area (Å²) in [7, 11) is -1.19. The van der Waals surface area contributed by atoms with E-state index in [1.54, 1.807) is 30.0 Å². The van der Waals surface area contributed by atoms with Crippen molar-refractivity contribution < 1.29 is 9.00 Å². The standard InChI is InChI=1S/C16H15Cl2NO2S2/c1-11(20)19-13-3-5-14(6-4-13)22-8-9-23(21)16-10-12(17)2-7-15(16)18/h2-7,10H,8-9H2,1H3,(H,19,20)/t23-/m0/s1. The zero-order valence-electron chi connectivity index (χ0n) is 12.3. The molecule has 122 valence electrons. The highest BCUT2D eigenvalue weighted by molar-refractivity contribution is 8.00. The first-order valence-corrected chi connectivity index (χ1v) is 9.85. The predicted molar refractivity (Wildman–Crippen MR) is 99.2 cm³/mol. The summed E-state index contributed by atoms with van der Waals surface area (Å²) in [6.45, 7) is 1.47. The maximum absolute atomic E-state index is 12.3. The number of anilines is 1. The number of carbonyl (C=O) groups excluding carboxylic acids is 1. The Hall–Kier alpha value is -1.01. The lowest BCUT2D eigenvalue weighted by Crippen LogP contribution is -2.05. The molecule has 0 fully saturated rings. The van der Waals surface area contributed by atoms with Crippen molar-refractivity contribution in [3.63, 3.8) is 0 Å². The van der Waals surface area contributed by atoms with E-state index in [0.29, 0.717) is 26.4 Å². The van der Waals surface area contributed by atoms with Crippen LogP contribution in [0.3, 0.4) is 0 Å². The van der Waals surface area contributed by atoms with Crippen LogP contribution in [0.15, 0.2) is 52.3 Å². The Balaban J connectivity index is 1.88. The lowest BCUT2D eigenvalue weighted by atomic mass is 10.3. The summed E-state index contributed by atoms with van der Waals surface area (Å²) >= 11 is 13.6. The number of halogens is 2. The fourth-order valence-electron chi connectivity index (χ4n) is 1.83. The molecule has 0 saturated heterocycles. The Morgan fingerprint density at radius 2 is 1.87 bits per heavy atom. The highest BCUT2D eigenvalue weighted by Crippen LogP contribution is 2.25. The van der Waals surface area contributed by atoms with E-state index >= 15 is 0 Å². The number of hydrogen-bond acceptors (Lipinski definition) is 3. The Bertz CT molecular complexity index is 721. The average molecular weight is 388 g/mol. The minimum atomic E-state index is -1.19. The summed E-state index contributed by atoms with van der Waals surface area (Å²) in [6, 6.07) is 12.5. The van der Waals surface area contributed by atoms with Crippen LogP contribution in [0.25, 0.3) is 0 Å². The van der Waals surface area contributed by atoms with Crippen LogP contribution in [0.1, 0.15) is 6.92 Å². The molecular weight excluding hydrogens is 373 g/mol. The zero-order chi connectivity index (χ0) is 16.8. The van der Waals surface area contributed by atoms with Gasteiger partial charge in [-0.1, -0.05) is 23.2 Å². The molecule has 0 saturated carbocycles. The van der Waals surface area contributed by atoms with Gasteiger partial charge in [0.1, 0.15) is 0 Å². The van der Waals surface area contributed by atoms with E-state index in [4.69, 9.17) is 23.2 Å². The van der Waals surface area contributed by atoms with E-state index < -0.39 is 10.8 Å². The number of rotatable bonds is 6. The van der Waals surface area contributed by atoms with Gasteiger partial charge in [0.25, 0.3) is 0 Å². The van der Waals surface area contributed by atoms with Crippen LogP contribution in [0.4, 0.5) is 5.69 Å². The molecule has 2 aromatic rings. The van der Waals surface area contributed by atoms with Crippen molar-refractivity contribution in [2.45, 2.75) is 16.7 Å². The van der Waals surface area contributed by atoms with E-state index in [1.165, 1.54) is 6.92 Å². The third-order valence-electron chi connectivity index (χ3n) is 2.85. The molecular formula is C16H15Cl2NO2S2.